The van der Waals surface area contributed by atoms with Gasteiger partial charge in [-0.2, -0.15) is 0 Å². The first kappa shape index (κ1) is 26.5. The highest BCUT2D eigenvalue weighted by molar-refractivity contribution is 6.04. The number of aryl methyl sites for hydroxylation is 1. The molecule has 3 rings (SSSR count). The second-order valence-corrected chi connectivity index (χ2v) is 8.67. The van der Waals surface area contributed by atoms with Gasteiger partial charge >= 0.3 is 0 Å². The Hall–Kier alpha value is -4.13. The third-order valence-electron chi connectivity index (χ3n) is 5.57. The minimum atomic E-state index is -0.204. The Bertz CT molecular complexity index is 1170. The molecular weight excluding hydrogens is 452 g/mol. The van der Waals surface area contributed by atoms with Crippen LogP contribution in [-0.2, 0) is 4.79 Å². The first-order valence-electron chi connectivity index (χ1n) is 12.3. The van der Waals surface area contributed by atoms with E-state index in [4.69, 9.17) is 0 Å². The molecule has 0 aromatic heterocycles. The summed E-state index contributed by atoms with van der Waals surface area (Å²) in [6.45, 7) is 7.60. The molecule has 3 aromatic rings. The fourth-order valence-corrected chi connectivity index (χ4v) is 3.78. The van der Waals surface area contributed by atoms with E-state index in [1.54, 1.807) is 54.6 Å². The van der Waals surface area contributed by atoms with E-state index < -0.39 is 0 Å². The van der Waals surface area contributed by atoms with Gasteiger partial charge in [0.15, 0.2) is 0 Å². The van der Waals surface area contributed by atoms with E-state index in [9.17, 15) is 14.4 Å². The quantitative estimate of drug-likeness (QED) is 0.331. The molecule has 0 heterocycles. The molecule has 0 bridgehead atoms. The Morgan fingerprint density at radius 1 is 0.722 bits per heavy atom. The monoisotopic (exact) mass is 486 g/mol. The van der Waals surface area contributed by atoms with Gasteiger partial charge in [-0.1, -0.05) is 31.5 Å². The predicted octanol–water partition coefficient (Wildman–Crippen LogP) is 5.56. The summed E-state index contributed by atoms with van der Waals surface area (Å²) >= 11 is 0. The molecule has 7 heteroatoms. The number of benzene rings is 3. The standard InChI is InChI=1S/C29H34N4O3/c1-4-17-33(18-5-2)29(36)22-9-11-25(12-10-22)31-27(34)20-30-24-13-15-26(16-14-24)32-28(35)23-8-6-7-21(3)19-23/h6-16,19,30H,4-5,17-18,20H2,1-3H3,(H,31,34)(H,32,35). The Labute approximate surface area is 212 Å². The Balaban J connectivity index is 1.48. The van der Waals surface area contributed by atoms with E-state index >= 15 is 0 Å². The highest BCUT2D eigenvalue weighted by Crippen LogP contribution is 2.16. The van der Waals surface area contributed by atoms with Gasteiger partial charge in [0, 0.05) is 41.3 Å². The van der Waals surface area contributed by atoms with Crippen molar-refractivity contribution in [2.75, 3.05) is 35.6 Å². The summed E-state index contributed by atoms with van der Waals surface area (Å²) in [4.78, 5) is 39.3. The molecule has 188 valence electrons. The fraction of sp³-hybridized carbons (Fsp3) is 0.276. The smallest absolute Gasteiger partial charge is 0.255 e. The largest absolute Gasteiger partial charge is 0.376 e. The molecule has 0 aliphatic carbocycles. The van der Waals surface area contributed by atoms with E-state index in [1.807, 2.05) is 30.0 Å². The van der Waals surface area contributed by atoms with Crippen molar-refractivity contribution in [2.24, 2.45) is 0 Å². The number of hydrogen-bond acceptors (Lipinski definition) is 4. The first-order chi connectivity index (χ1) is 17.4. The average molecular weight is 487 g/mol. The fourth-order valence-electron chi connectivity index (χ4n) is 3.78. The van der Waals surface area contributed by atoms with Crippen LogP contribution in [0.2, 0.25) is 0 Å². The molecule has 0 saturated carbocycles. The molecule has 3 N–H and O–H groups in total. The number of nitrogens with zero attached hydrogens (tertiary/aromatic N) is 1. The van der Waals surface area contributed by atoms with Gasteiger partial charge in [-0.15, -0.1) is 0 Å². The van der Waals surface area contributed by atoms with Gasteiger partial charge in [-0.3, -0.25) is 14.4 Å². The molecular formula is C29H34N4O3. The Morgan fingerprint density at radius 3 is 1.92 bits per heavy atom. The second kappa shape index (κ2) is 13.1. The van der Waals surface area contributed by atoms with Crippen molar-refractivity contribution in [1.82, 2.24) is 4.90 Å². The van der Waals surface area contributed by atoms with Crippen LogP contribution < -0.4 is 16.0 Å². The zero-order chi connectivity index (χ0) is 25.9. The van der Waals surface area contributed by atoms with Crippen LogP contribution >= 0.6 is 0 Å². The molecule has 0 atom stereocenters. The van der Waals surface area contributed by atoms with Crippen molar-refractivity contribution in [3.05, 3.63) is 89.5 Å². The van der Waals surface area contributed by atoms with Gasteiger partial charge in [0.1, 0.15) is 0 Å². The molecule has 0 radical (unpaired) electrons. The van der Waals surface area contributed by atoms with Crippen LogP contribution in [-0.4, -0.2) is 42.3 Å². The molecule has 3 amide bonds. The number of anilines is 3. The minimum absolute atomic E-state index is 0.0109. The molecule has 7 nitrogen and oxygen atoms in total. The summed E-state index contributed by atoms with van der Waals surface area (Å²) in [5.41, 5.74) is 4.29. The molecule has 0 unspecified atom stereocenters. The van der Waals surface area contributed by atoms with E-state index in [0.29, 0.717) is 22.5 Å². The van der Waals surface area contributed by atoms with Crippen LogP contribution in [0.25, 0.3) is 0 Å². The van der Waals surface area contributed by atoms with E-state index in [-0.39, 0.29) is 24.3 Å². The zero-order valence-electron chi connectivity index (χ0n) is 21.1. The highest BCUT2D eigenvalue weighted by Gasteiger charge is 2.14. The lowest BCUT2D eigenvalue weighted by Crippen LogP contribution is -2.32. The first-order valence-corrected chi connectivity index (χ1v) is 12.3. The van der Waals surface area contributed by atoms with Crippen molar-refractivity contribution in [3.8, 4) is 0 Å². The zero-order valence-corrected chi connectivity index (χ0v) is 21.1. The van der Waals surface area contributed by atoms with Gasteiger partial charge in [-0.05, 0) is 80.4 Å². The van der Waals surface area contributed by atoms with Crippen molar-refractivity contribution in [3.63, 3.8) is 0 Å². The number of rotatable bonds is 11. The summed E-state index contributed by atoms with van der Waals surface area (Å²) in [6, 6.07) is 21.5. The molecule has 0 fully saturated rings. The Kier molecular flexibility index (Phi) is 9.63. The van der Waals surface area contributed by atoms with Crippen LogP contribution in [0.4, 0.5) is 17.1 Å². The lowest BCUT2D eigenvalue weighted by Gasteiger charge is -2.21. The van der Waals surface area contributed by atoms with Crippen molar-refractivity contribution >= 4 is 34.8 Å². The molecule has 0 aliphatic heterocycles. The average Bonchev–Trinajstić information content (AvgIpc) is 2.88. The van der Waals surface area contributed by atoms with Crippen LogP contribution in [0.15, 0.2) is 72.8 Å². The van der Waals surface area contributed by atoms with Gasteiger partial charge in [0.25, 0.3) is 11.8 Å². The van der Waals surface area contributed by atoms with Crippen molar-refractivity contribution in [1.29, 1.82) is 0 Å². The SMILES string of the molecule is CCCN(CCC)C(=O)c1ccc(NC(=O)CNc2ccc(NC(=O)c3cccc(C)c3)cc2)cc1. The van der Waals surface area contributed by atoms with Gasteiger partial charge in [0.05, 0.1) is 6.54 Å². The maximum Gasteiger partial charge on any atom is 0.255 e. The second-order valence-electron chi connectivity index (χ2n) is 8.67. The van der Waals surface area contributed by atoms with E-state index in [2.05, 4.69) is 29.8 Å². The molecule has 0 saturated heterocycles. The van der Waals surface area contributed by atoms with Crippen LogP contribution in [0.3, 0.4) is 0 Å². The normalized spacial score (nSPS) is 10.4. The van der Waals surface area contributed by atoms with Crippen LogP contribution in [0.5, 0.6) is 0 Å². The number of nitrogens with one attached hydrogen (secondary N) is 3. The van der Waals surface area contributed by atoms with Gasteiger partial charge < -0.3 is 20.9 Å². The third kappa shape index (κ3) is 7.70. The summed E-state index contributed by atoms with van der Waals surface area (Å²) in [7, 11) is 0. The molecule has 36 heavy (non-hydrogen) atoms. The molecule has 0 aliphatic rings. The maximum absolute atomic E-state index is 12.7. The minimum Gasteiger partial charge on any atom is -0.376 e. The van der Waals surface area contributed by atoms with E-state index in [1.165, 1.54) is 0 Å². The van der Waals surface area contributed by atoms with E-state index in [0.717, 1.165) is 37.2 Å². The van der Waals surface area contributed by atoms with Crippen LogP contribution in [0, 0.1) is 6.92 Å². The Morgan fingerprint density at radius 2 is 1.31 bits per heavy atom. The highest BCUT2D eigenvalue weighted by atomic mass is 16.2. The maximum atomic E-state index is 12.7. The number of carbonyl (C=O) groups is 3. The lowest BCUT2D eigenvalue weighted by atomic mass is 10.1. The summed E-state index contributed by atoms with van der Waals surface area (Å²) < 4.78 is 0. The van der Waals surface area contributed by atoms with Crippen molar-refractivity contribution in [2.45, 2.75) is 33.6 Å². The van der Waals surface area contributed by atoms with Crippen LogP contribution in [0.1, 0.15) is 53.0 Å². The number of amides is 3. The lowest BCUT2D eigenvalue weighted by molar-refractivity contribution is -0.114. The molecule has 0 spiro atoms. The third-order valence-corrected chi connectivity index (χ3v) is 5.57. The summed E-state index contributed by atoms with van der Waals surface area (Å²) in [5.74, 6) is -0.365. The number of carbonyl (C=O) groups excluding carboxylic acids is 3. The number of hydrogen-bond donors (Lipinski definition) is 3. The van der Waals surface area contributed by atoms with Crippen molar-refractivity contribution < 1.29 is 14.4 Å². The summed E-state index contributed by atoms with van der Waals surface area (Å²) in [5, 5.41) is 8.78. The molecule has 3 aromatic carbocycles. The van der Waals surface area contributed by atoms with Gasteiger partial charge in [0.2, 0.25) is 5.91 Å². The summed E-state index contributed by atoms with van der Waals surface area (Å²) in [6.07, 6.45) is 1.83. The predicted molar refractivity (Wildman–Crippen MR) is 146 cm³/mol. The van der Waals surface area contributed by atoms with Gasteiger partial charge in [-0.25, -0.2) is 0 Å². The topological polar surface area (TPSA) is 90.5 Å².